The van der Waals surface area contributed by atoms with Crippen molar-refractivity contribution in [1.82, 2.24) is 0 Å². The number of amides is 1. The van der Waals surface area contributed by atoms with E-state index in [0.29, 0.717) is 11.4 Å². The molecule has 0 heterocycles. The van der Waals surface area contributed by atoms with Crippen molar-refractivity contribution in [2.45, 2.75) is 25.7 Å². The van der Waals surface area contributed by atoms with Gasteiger partial charge in [-0.2, -0.15) is 0 Å². The molecule has 0 spiro atoms. The van der Waals surface area contributed by atoms with E-state index in [4.69, 9.17) is 0 Å². The number of carbonyl (C=O) groups is 1. The molecule has 0 saturated carbocycles. The van der Waals surface area contributed by atoms with Crippen LogP contribution in [0, 0.1) is 20.8 Å². The fourth-order valence-corrected chi connectivity index (χ4v) is 4.40. The van der Waals surface area contributed by atoms with Gasteiger partial charge in [-0.1, -0.05) is 42.0 Å². The molecular formula is C23H24N2O3S. The van der Waals surface area contributed by atoms with Crippen LogP contribution in [0.1, 0.15) is 16.7 Å². The van der Waals surface area contributed by atoms with Gasteiger partial charge in [-0.25, -0.2) is 8.42 Å². The van der Waals surface area contributed by atoms with Gasteiger partial charge in [-0.15, -0.1) is 0 Å². The normalized spacial score (nSPS) is 11.1. The van der Waals surface area contributed by atoms with Crippen LogP contribution >= 0.6 is 0 Å². The van der Waals surface area contributed by atoms with Crippen molar-refractivity contribution >= 4 is 27.3 Å². The van der Waals surface area contributed by atoms with Crippen LogP contribution in [0.5, 0.6) is 0 Å². The third-order valence-electron chi connectivity index (χ3n) is 4.49. The molecule has 3 aromatic rings. The fraction of sp³-hybridized carbons (Fsp3) is 0.174. The Bertz CT molecular complexity index is 1120. The van der Waals surface area contributed by atoms with Gasteiger partial charge in [0.1, 0.15) is 6.54 Å². The molecule has 1 amide bonds. The number of anilines is 2. The Morgan fingerprint density at radius 2 is 1.45 bits per heavy atom. The van der Waals surface area contributed by atoms with Crippen LogP contribution in [0.4, 0.5) is 11.4 Å². The third-order valence-corrected chi connectivity index (χ3v) is 6.28. The van der Waals surface area contributed by atoms with Crippen LogP contribution in [0.15, 0.2) is 77.7 Å². The standard InChI is InChI=1S/C23H24N2O3S/c1-17-10-12-22(13-11-17)29(27,28)25(21-9-5-7-19(3)15-21)16-23(26)24-20-8-4-6-18(2)14-20/h4-15H,16H2,1-3H3,(H,24,26). The van der Waals surface area contributed by atoms with Crippen molar-refractivity contribution < 1.29 is 13.2 Å². The molecule has 0 aromatic heterocycles. The molecule has 0 bridgehead atoms. The molecule has 0 aliphatic heterocycles. The number of carbonyl (C=O) groups excluding carboxylic acids is 1. The Morgan fingerprint density at radius 3 is 2.07 bits per heavy atom. The van der Waals surface area contributed by atoms with Gasteiger partial charge in [0, 0.05) is 5.69 Å². The van der Waals surface area contributed by atoms with Gasteiger partial charge in [-0.05, 0) is 68.3 Å². The molecule has 6 heteroatoms. The lowest BCUT2D eigenvalue weighted by molar-refractivity contribution is -0.114. The van der Waals surface area contributed by atoms with Crippen LogP contribution in [-0.4, -0.2) is 20.9 Å². The van der Waals surface area contributed by atoms with Crippen LogP contribution in [0.2, 0.25) is 0 Å². The lowest BCUT2D eigenvalue weighted by atomic mass is 10.2. The van der Waals surface area contributed by atoms with Crippen molar-refractivity contribution in [1.29, 1.82) is 0 Å². The molecule has 0 aliphatic rings. The van der Waals surface area contributed by atoms with E-state index in [1.807, 2.05) is 45.0 Å². The van der Waals surface area contributed by atoms with E-state index in [9.17, 15) is 13.2 Å². The SMILES string of the molecule is Cc1ccc(S(=O)(=O)N(CC(=O)Nc2cccc(C)c2)c2cccc(C)c2)cc1. The molecule has 0 aliphatic carbocycles. The zero-order chi connectivity index (χ0) is 21.0. The molecule has 0 radical (unpaired) electrons. The second-order valence-corrected chi connectivity index (χ2v) is 8.94. The first-order valence-electron chi connectivity index (χ1n) is 9.28. The summed E-state index contributed by atoms with van der Waals surface area (Å²) in [4.78, 5) is 12.9. The maximum Gasteiger partial charge on any atom is 0.264 e. The van der Waals surface area contributed by atoms with E-state index in [0.717, 1.165) is 21.0 Å². The lowest BCUT2D eigenvalue weighted by Crippen LogP contribution is -2.38. The molecule has 0 unspecified atom stereocenters. The predicted octanol–water partition coefficient (Wildman–Crippen LogP) is 4.45. The Labute approximate surface area is 172 Å². The molecule has 3 rings (SSSR count). The Hall–Kier alpha value is -3.12. The summed E-state index contributed by atoms with van der Waals surface area (Å²) in [7, 11) is -3.91. The monoisotopic (exact) mass is 408 g/mol. The van der Waals surface area contributed by atoms with Gasteiger partial charge in [0.05, 0.1) is 10.6 Å². The van der Waals surface area contributed by atoms with Crippen LogP contribution in [0.25, 0.3) is 0 Å². The molecular weight excluding hydrogens is 384 g/mol. The minimum atomic E-state index is -3.91. The quantitative estimate of drug-likeness (QED) is 0.655. The van der Waals surface area contributed by atoms with Crippen molar-refractivity contribution in [2.75, 3.05) is 16.2 Å². The second-order valence-electron chi connectivity index (χ2n) is 7.08. The molecule has 1 N–H and O–H groups in total. The van der Waals surface area contributed by atoms with Gasteiger partial charge in [-0.3, -0.25) is 9.10 Å². The highest BCUT2D eigenvalue weighted by Gasteiger charge is 2.27. The number of rotatable bonds is 6. The number of sulfonamides is 1. The minimum Gasteiger partial charge on any atom is -0.325 e. The number of nitrogens with zero attached hydrogens (tertiary/aromatic N) is 1. The average molecular weight is 409 g/mol. The van der Waals surface area contributed by atoms with E-state index in [-0.39, 0.29) is 11.4 Å². The highest BCUT2D eigenvalue weighted by Crippen LogP contribution is 2.25. The predicted molar refractivity (Wildman–Crippen MR) is 117 cm³/mol. The summed E-state index contributed by atoms with van der Waals surface area (Å²) < 4.78 is 27.8. The summed E-state index contributed by atoms with van der Waals surface area (Å²) >= 11 is 0. The molecule has 0 atom stereocenters. The van der Waals surface area contributed by atoms with Crippen molar-refractivity contribution in [3.63, 3.8) is 0 Å². The summed E-state index contributed by atoms with van der Waals surface area (Å²) in [5, 5.41) is 2.79. The zero-order valence-corrected chi connectivity index (χ0v) is 17.5. The zero-order valence-electron chi connectivity index (χ0n) is 16.7. The van der Waals surface area contributed by atoms with Crippen LogP contribution < -0.4 is 9.62 Å². The van der Waals surface area contributed by atoms with Gasteiger partial charge < -0.3 is 5.32 Å². The third kappa shape index (κ3) is 5.03. The number of hydrogen-bond donors (Lipinski definition) is 1. The van der Waals surface area contributed by atoms with Crippen LogP contribution in [-0.2, 0) is 14.8 Å². The van der Waals surface area contributed by atoms with E-state index in [2.05, 4.69) is 5.32 Å². The van der Waals surface area contributed by atoms with Gasteiger partial charge >= 0.3 is 0 Å². The highest BCUT2D eigenvalue weighted by atomic mass is 32.2. The Balaban J connectivity index is 1.95. The van der Waals surface area contributed by atoms with Crippen molar-refractivity contribution in [3.05, 3.63) is 89.5 Å². The molecule has 0 saturated heterocycles. The number of benzene rings is 3. The Kier molecular flexibility index (Phi) is 6.03. The van der Waals surface area contributed by atoms with Gasteiger partial charge in [0.25, 0.3) is 10.0 Å². The minimum absolute atomic E-state index is 0.146. The maximum absolute atomic E-state index is 13.3. The molecule has 0 fully saturated rings. The van der Waals surface area contributed by atoms with Gasteiger partial charge in [0.2, 0.25) is 5.91 Å². The first-order valence-corrected chi connectivity index (χ1v) is 10.7. The van der Waals surface area contributed by atoms with E-state index in [1.54, 1.807) is 48.5 Å². The molecule has 29 heavy (non-hydrogen) atoms. The Morgan fingerprint density at radius 1 is 0.828 bits per heavy atom. The summed E-state index contributed by atoms with van der Waals surface area (Å²) in [6, 6.07) is 21.1. The van der Waals surface area contributed by atoms with E-state index >= 15 is 0 Å². The highest BCUT2D eigenvalue weighted by molar-refractivity contribution is 7.92. The van der Waals surface area contributed by atoms with Crippen LogP contribution in [0.3, 0.4) is 0 Å². The fourth-order valence-electron chi connectivity index (χ4n) is 2.99. The largest absolute Gasteiger partial charge is 0.325 e. The number of hydrogen-bond acceptors (Lipinski definition) is 3. The van der Waals surface area contributed by atoms with E-state index < -0.39 is 15.9 Å². The smallest absolute Gasteiger partial charge is 0.264 e. The molecule has 150 valence electrons. The van der Waals surface area contributed by atoms with Crippen molar-refractivity contribution in [3.8, 4) is 0 Å². The molecule has 5 nitrogen and oxygen atoms in total. The van der Waals surface area contributed by atoms with Gasteiger partial charge in [0.15, 0.2) is 0 Å². The van der Waals surface area contributed by atoms with Crippen molar-refractivity contribution in [2.24, 2.45) is 0 Å². The summed E-state index contributed by atoms with van der Waals surface area (Å²) in [6.45, 7) is 5.38. The average Bonchev–Trinajstić information content (AvgIpc) is 2.66. The summed E-state index contributed by atoms with van der Waals surface area (Å²) in [5.74, 6) is -0.409. The topological polar surface area (TPSA) is 66.5 Å². The first-order chi connectivity index (χ1) is 13.8. The first kappa shape index (κ1) is 20.6. The summed E-state index contributed by atoms with van der Waals surface area (Å²) in [5.41, 5.74) is 3.96. The van der Waals surface area contributed by atoms with E-state index in [1.165, 1.54) is 0 Å². The number of nitrogens with one attached hydrogen (secondary N) is 1. The summed E-state index contributed by atoms with van der Waals surface area (Å²) in [6.07, 6.45) is 0. The number of aryl methyl sites for hydroxylation is 3. The second kappa shape index (κ2) is 8.49. The molecule has 3 aromatic carbocycles. The maximum atomic E-state index is 13.3. The lowest BCUT2D eigenvalue weighted by Gasteiger charge is -2.24.